The van der Waals surface area contributed by atoms with E-state index >= 15 is 0 Å². The highest BCUT2D eigenvalue weighted by molar-refractivity contribution is 5.34. The van der Waals surface area contributed by atoms with Crippen LogP contribution in [0.2, 0.25) is 0 Å². The van der Waals surface area contributed by atoms with Crippen molar-refractivity contribution < 1.29 is 23.4 Å². The standard InChI is InChI=1S/C35H45F2NO3/c1-34(2,3)28-9-8-10-29(20-28)35(15-6-5-7-16-35)38-22-33(39)27(17-26-18-30(36)21-31(37)19-26)24-41-23-25-11-13-32(40-4)14-12-25/h8-14,18-21,27,33,38-39H,5-7,15-17,22-24H2,1-4H3. The molecule has 3 aromatic carbocycles. The van der Waals surface area contributed by atoms with Crippen molar-refractivity contribution in [3.05, 3.63) is 101 Å². The van der Waals surface area contributed by atoms with Crippen LogP contribution in [0, 0.1) is 17.6 Å². The van der Waals surface area contributed by atoms with Crippen molar-refractivity contribution in [2.45, 2.75) is 83.0 Å². The van der Waals surface area contributed by atoms with Gasteiger partial charge in [-0.05, 0) is 71.2 Å². The molecule has 1 saturated carbocycles. The summed E-state index contributed by atoms with van der Waals surface area (Å²) in [5.41, 5.74) is 3.85. The Labute approximate surface area is 244 Å². The second kappa shape index (κ2) is 13.9. The number of hydrogen-bond acceptors (Lipinski definition) is 4. The second-order valence-electron chi connectivity index (χ2n) is 12.5. The van der Waals surface area contributed by atoms with Crippen LogP contribution < -0.4 is 10.1 Å². The van der Waals surface area contributed by atoms with Crippen LogP contribution >= 0.6 is 0 Å². The fourth-order valence-electron chi connectivity index (χ4n) is 5.86. The lowest BCUT2D eigenvalue weighted by Gasteiger charge is -2.41. The molecule has 3 aromatic rings. The average molecular weight is 566 g/mol. The van der Waals surface area contributed by atoms with Gasteiger partial charge in [0.15, 0.2) is 0 Å². The average Bonchev–Trinajstić information content (AvgIpc) is 2.95. The van der Waals surface area contributed by atoms with Gasteiger partial charge >= 0.3 is 0 Å². The zero-order valence-corrected chi connectivity index (χ0v) is 24.9. The van der Waals surface area contributed by atoms with Gasteiger partial charge in [-0.15, -0.1) is 0 Å². The molecule has 2 N–H and O–H groups in total. The van der Waals surface area contributed by atoms with Gasteiger partial charge in [0.1, 0.15) is 17.4 Å². The molecule has 0 heterocycles. The smallest absolute Gasteiger partial charge is 0.126 e. The normalized spacial score (nSPS) is 16.8. The van der Waals surface area contributed by atoms with E-state index in [9.17, 15) is 13.9 Å². The van der Waals surface area contributed by atoms with E-state index in [0.717, 1.165) is 43.1 Å². The van der Waals surface area contributed by atoms with E-state index in [-0.39, 0.29) is 23.5 Å². The third-order valence-corrected chi connectivity index (χ3v) is 8.36. The summed E-state index contributed by atoms with van der Waals surface area (Å²) in [6.07, 6.45) is 4.98. The molecule has 6 heteroatoms. The maximum atomic E-state index is 14.0. The first-order chi connectivity index (χ1) is 19.6. The zero-order chi connectivity index (χ0) is 29.5. The minimum Gasteiger partial charge on any atom is -0.497 e. The highest BCUT2D eigenvalue weighted by atomic mass is 19.1. The van der Waals surface area contributed by atoms with Gasteiger partial charge in [-0.25, -0.2) is 8.78 Å². The van der Waals surface area contributed by atoms with Crippen molar-refractivity contribution in [1.29, 1.82) is 0 Å². The van der Waals surface area contributed by atoms with E-state index in [1.807, 2.05) is 24.3 Å². The summed E-state index contributed by atoms with van der Waals surface area (Å²) in [6, 6.07) is 20.0. The molecule has 1 aliphatic rings. The molecule has 4 rings (SSSR count). The quantitative estimate of drug-likeness (QED) is 0.239. The van der Waals surface area contributed by atoms with E-state index in [1.54, 1.807) is 7.11 Å². The molecule has 2 unspecified atom stereocenters. The molecule has 0 saturated heterocycles. The molecule has 0 bridgehead atoms. The maximum absolute atomic E-state index is 14.0. The summed E-state index contributed by atoms with van der Waals surface area (Å²) in [5.74, 6) is -0.828. The van der Waals surface area contributed by atoms with Crippen LogP contribution in [-0.4, -0.2) is 31.5 Å². The molecule has 41 heavy (non-hydrogen) atoms. The van der Waals surface area contributed by atoms with Crippen LogP contribution in [0.15, 0.2) is 66.7 Å². The molecule has 4 nitrogen and oxygen atoms in total. The van der Waals surface area contributed by atoms with Crippen LogP contribution in [0.1, 0.15) is 75.1 Å². The highest BCUT2D eigenvalue weighted by Gasteiger charge is 2.35. The fourth-order valence-corrected chi connectivity index (χ4v) is 5.86. The molecule has 222 valence electrons. The first kappa shape index (κ1) is 31.1. The maximum Gasteiger partial charge on any atom is 0.126 e. The summed E-state index contributed by atoms with van der Waals surface area (Å²) in [6.45, 7) is 7.64. The van der Waals surface area contributed by atoms with Gasteiger partial charge in [0, 0.05) is 24.1 Å². The Balaban J connectivity index is 1.50. The molecule has 0 aromatic heterocycles. The van der Waals surface area contributed by atoms with Crippen LogP contribution in [0.25, 0.3) is 0 Å². The molecule has 0 radical (unpaired) electrons. The molecule has 2 atom stereocenters. The van der Waals surface area contributed by atoms with Gasteiger partial charge in [0.05, 0.1) is 26.4 Å². The summed E-state index contributed by atoms with van der Waals surface area (Å²) in [5, 5.41) is 15.3. The monoisotopic (exact) mass is 565 g/mol. The minimum absolute atomic E-state index is 0.0396. The zero-order valence-electron chi connectivity index (χ0n) is 24.9. The number of halogens is 2. The number of aliphatic hydroxyl groups is 1. The lowest BCUT2D eigenvalue weighted by Crippen LogP contribution is -2.49. The Hall–Kier alpha value is -2.80. The lowest BCUT2D eigenvalue weighted by molar-refractivity contribution is 0.0160. The molecule has 0 spiro atoms. The van der Waals surface area contributed by atoms with E-state index in [1.165, 1.54) is 29.7 Å². The molecule has 1 aliphatic carbocycles. The van der Waals surface area contributed by atoms with Crippen LogP contribution in [0.3, 0.4) is 0 Å². The predicted octanol–water partition coefficient (Wildman–Crippen LogP) is 7.46. The highest BCUT2D eigenvalue weighted by Crippen LogP contribution is 2.39. The molecule has 0 amide bonds. The molecular formula is C35H45F2NO3. The van der Waals surface area contributed by atoms with Gasteiger partial charge in [0.2, 0.25) is 0 Å². The summed E-state index contributed by atoms with van der Waals surface area (Å²) in [7, 11) is 1.62. The first-order valence-electron chi connectivity index (χ1n) is 14.8. The van der Waals surface area contributed by atoms with E-state index in [4.69, 9.17) is 9.47 Å². The summed E-state index contributed by atoms with van der Waals surface area (Å²) < 4.78 is 39.3. The Morgan fingerprint density at radius 2 is 1.59 bits per heavy atom. The first-order valence-corrected chi connectivity index (χ1v) is 14.8. The van der Waals surface area contributed by atoms with Crippen molar-refractivity contribution in [1.82, 2.24) is 5.32 Å². The molecular weight excluding hydrogens is 520 g/mol. The van der Waals surface area contributed by atoms with E-state index in [0.29, 0.717) is 25.1 Å². The minimum atomic E-state index is -0.776. The van der Waals surface area contributed by atoms with Crippen LogP contribution in [0.4, 0.5) is 8.78 Å². The summed E-state index contributed by atoms with van der Waals surface area (Å²) in [4.78, 5) is 0. The van der Waals surface area contributed by atoms with Crippen molar-refractivity contribution >= 4 is 0 Å². The number of rotatable bonds is 12. The Bertz CT molecular complexity index is 1230. The number of aliphatic hydroxyl groups excluding tert-OH is 1. The summed E-state index contributed by atoms with van der Waals surface area (Å²) >= 11 is 0. The largest absolute Gasteiger partial charge is 0.497 e. The Morgan fingerprint density at radius 1 is 0.902 bits per heavy atom. The van der Waals surface area contributed by atoms with Gasteiger partial charge in [-0.2, -0.15) is 0 Å². The predicted molar refractivity (Wildman–Crippen MR) is 160 cm³/mol. The van der Waals surface area contributed by atoms with Crippen molar-refractivity contribution in [3.63, 3.8) is 0 Å². The van der Waals surface area contributed by atoms with Gasteiger partial charge in [-0.1, -0.05) is 76.4 Å². The van der Waals surface area contributed by atoms with Crippen LogP contribution in [0.5, 0.6) is 5.75 Å². The fraction of sp³-hybridized carbons (Fsp3) is 0.486. The number of benzene rings is 3. The second-order valence-corrected chi connectivity index (χ2v) is 12.5. The molecule has 0 aliphatic heterocycles. The van der Waals surface area contributed by atoms with E-state index < -0.39 is 17.7 Å². The lowest BCUT2D eigenvalue weighted by atomic mass is 9.74. The number of hydrogen-bond donors (Lipinski definition) is 2. The Kier molecular flexibility index (Phi) is 10.6. The van der Waals surface area contributed by atoms with Crippen LogP contribution in [-0.2, 0) is 28.7 Å². The topological polar surface area (TPSA) is 50.7 Å². The van der Waals surface area contributed by atoms with Gasteiger partial charge in [0.25, 0.3) is 0 Å². The van der Waals surface area contributed by atoms with Gasteiger partial charge < -0.3 is 19.9 Å². The number of nitrogens with one attached hydrogen (secondary N) is 1. The Morgan fingerprint density at radius 3 is 2.22 bits per heavy atom. The molecule has 1 fully saturated rings. The van der Waals surface area contributed by atoms with Crippen molar-refractivity contribution in [2.75, 3.05) is 20.3 Å². The number of methoxy groups -OCH3 is 1. The third kappa shape index (κ3) is 8.60. The van der Waals surface area contributed by atoms with Gasteiger partial charge in [-0.3, -0.25) is 0 Å². The SMILES string of the molecule is COc1ccc(COCC(Cc2cc(F)cc(F)c2)C(O)CNC2(c3cccc(C(C)(C)C)c3)CCCCC2)cc1. The van der Waals surface area contributed by atoms with E-state index in [2.05, 4.69) is 50.4 Å². The number of ether oxygens (including phenoxy) is 2. The third-order valence-electron chi connectivity index (χ3n) is 8.36. The van der Waals surface area contributed by atoms with Crippen molar-refractivity contribution in [2.24, 2.45) is 5.92 Å². The van der Waals surface area contributed by atoms with Crippen molar-refractivity contribution in [3.8, 4) is 5.75 Å².